The number of ether oxygens (including phenoxy) is 1. The number of nitrogens with two attached hydrogens (primary N) is 1. The van der Waals surface area contributed by atoms with Crippen molar-refractivity contribution < 1.29 is 19.2 Å². The minimum Gasteiger partial charge on any atom is -0.378 e. The monoisotopic (exact) mass is 391 g/mol. The summed E-state index contributed by atoms with van der Waals surface area (Å²) in [7, 11) is 0. The second-order valence-electron chi connectivity index (χ2n) is 7.05. The number of amides is 2. The molecule has 0 aliphatic carbocycles. The van der Waals surface area contributed by atoms with Crippen molar-refractivity contribution >= 4 is 23.2 Å². The van der Waals surface area contributed by atoms with Crippen molar-refractivity contribution in [2.75, 3.05) is 50.8 Å². The first-order chi connectivity index (χ1) is 13.4. The highest BCUT2D eigenvalue weighted by molar-refractivity contribution is 5.96. The Labute approximate surface area is 162 Å². The summed E-state index contributed by atoms with van der Waals surface area (Å²) < 4.78 is 5.29. The number of nitrogens with zero attached hydrogens (tertiary/aromatic N) is 3. The summed E-state index contributed by atoms with van der Waals surface area (Å²) >= 11 is 0. The van der Waals surface area contributed by atoms with E-state index in [1.165, 1.54) is 6.07 Å². The van der Waals surface area contributed by atoms with E-state index in [0.717, 1.165) is 0 Å². The van der Waals surface area contributed by atoms with E-state index in [9.17, 15) is 19.7 Å². The minimum absolute atomic E-state index is 0.0328. The van der Waals surface area contributed by atoms with E-state index >= 15 is 0 Å². The van der Waals surface area contributed by atoms with E-state index in [1.54, 1.807) is 12.1 Å². The Morgan fingerprint density at radius 1 is 1.21 bits per heavy atom. The number of carbonyl (C=O) groups excluding carboxylic acids is 2. The van der Waals surface area contributed by atoms with Gasteiger partial charge in [-0.2, -0.15) is 0 Å². The van der Waals surface area contributed by atoms with Gasteiger partial charge in [0, 0.05) is 43.9 Å². The molecule has 0 radical (unpaired) electrons. The summed E-state index contributed by atoms with van der Waals surface area (Å²) in [5, 5.41) is 14.5. The van der Waals surface area contributed by atoms with Crippen molar-refractivity contribution in [2.24, 2.45) is 5.73 Å². The van der Waals surface area contributed by atoms with Crippen molar-refractivity contribution in [1.82, 2.24) is 10.2 Å². The first-order valence-electron chi connectivity index (χ1n) is 9.36. The standard InChI is InChI=1S/C18H25N5O5/c19-17(24)12-21-5-3-14(4-6-21)20-18(25)13-1-2-15(16(11-13)23(26)27)22-7-9-28-10-8-22/h1-2,11,14H,3-10,12H2,(H2,19,24)(H,20,25). The maximum atomic E-state index is 12.6. The lowest BCUT2D eigenvalue weighted by atomic mass is 10.0. The first-order valence-corrected chi connectivity index (χ1v) is 9.36. The number of nitrogens with one attached hydrogen (secondary N) is 1. The van der Waals surface area contributed by atoms with E-state index in [2.05, 4.69) is 5.32 Å². The Bertz CT molecular complexity index is 742. The van der Waals surface area contributed by atoms with Crippen molar-refractivity contribution in [3.63, 3.8) is 0 Å². The number of nitro groups is 1. The molecular formula is C18H25N5O5. The molecule has 2 aliphatic rings. The lowest BCUT2D eigenvalue weighted by Crippen LogP contribution is -2.46. The lowest BCUT2D eigenvalue weighted by molar-refractivity contribution is -0.384. The summed E-state index contributed by atoms with van der Waals surface area (Å²) in [6, 6.07) is 4.56. The number of carbonyl (C=O) groups is 2. The minimum atomic E-state index is -0.454. The number of anilines is 1. The predicted octanol–water partition coefficient (Wildman–Crippen LogP) is 0.111. The zero-order valence-electron chi connectivity index (χ0n) is 15.6. The summed E-state index contributed by atoms with van der Waals surface area (Å²) in [6.45, 7) is 3.76. The largest absolute Gasteiger partial charge is 0.378 e. The maximum Gasteiger partial charge on any atom is 0.293 e. The summed E-state index contributed by atoms with van der Waals surface area (Å²) in [5.41, 5.74) is 5.90. The van der Waals surface area contributed by atoms with Gasteiger partial charge in [0.15, 0.2) is 0 Å². The highest BCUT2D eigenvalue weighted by Crippen LogP contribution is 2.30. The molecule has 0 aromatic heterocycles. The highest BCUT2D eigenvalue weighted by atomic mass is 16.6. The molecule has 2 heterocycles. The molecule has 2 aliphatic heterocycles. The zero-order valence-corrected chi connectivity index (χ0v) is 15.6. The number of nitro benzene ring substituents is 1. The number of benzene rings is 1. The number of hydrogen-bond acceptors (Lipinski definition) is 7. The van der Waals surface area contributed by atoms with Gasteiger partial charge in [0.1, 0.15) is 5.69 Å². The highest BCUT2D eigenvalue weighted by Gasteiger charge is 2.25. The van der Waals surface area contributed by atoms with Crippen LogP contribution in [0.1, 0.15) is 23.2 Å². The molecule has 10 nitrogen and oxygen atoms in total. The van der Waals surface area contributed by atoms with Gasteiger partial charge < -0.3 is 20.7 Å². The number of likely N-dealkylation sites (tertiary alicyclic amines) is 1. The molecule has 2 amide bonds. The lowest BCUT2D eigenvalue weighted by Gasteiger charge is -2.31. The van der Waals surface area contributed by atoms with E-state index in [0.29, 0.717) is 57.9 Å². The van der Waals surface area contributed by atoms with Crippen molar-refractivity contribution in [2.45, 2.75) is 18.9 Å². The number of piperidine rings is 1. The van der Waals surface area contributed by atoms with Crippen LogP contribution in [-0.4, -0.2) is 73.6 Å². The molecule has 0 saturated carbocycles. The van der Waals surface area contributed by atoms with E-state index < -0.39 is 4.92 Å². The van der Waals surface area contributed by atoms with Crippen LogP contribution in [0.15, 0.2) is 18.2 Å². The summed E-state index contributed by atoms with van der Waals surface area (Å²) in [4.78, 5) is 38.5. The Balaban J connectivity index is 1.64. The quantitative estimate of drug-likeness (QED) is 0.520. The Morgan fingerprint density at radius 3 is 2.50 bits per heavy atom. The average molecular weight is 391 g/mol. The van der Waals surface area contributed by atoms with Crippen LogP contribution >= 0.6 is 0 Å². The van der Waals surface area contributed by atoms with Crippen LogP contribution in [0.25, 0.3) is 0 Å². The number of morpholine rings is 1. The molecule has 3 rings (SSSR count). The van der Waals surface area contributed by atoms with Gasteiger partial charge in [0.2, 0.25) is 5.91 Å². The van der Waals surface area contributed by atoms with Crippen molar-refractivity contribution in [3.8, 4) is 0 Å². The molecular weight excluding hydrogens is 366 g/mol. The van der Waals surface area contributed by atoms with Crippen LogP contribution in [0.3, 0.4) is 0 Å². The van der Waals surface area contributed by atoms with E-state index in [-0.39, 0.29) is 35.7 Å². The third kappa shape index (κ3) is 4.96. The van der Waals surface area contributed by atoms with Gasteiger partial charge in [-0.1, -0.05) is 0 Å². The number of hydrogen-bond donors (Lipinski definition) is 2. The third-order valence-corrected chi connectivity index (χ3v) is 5.09. The van der Waals surface area contributed by atoms with Gasteiger partial charge in [-0.25, -0.2) is 0 Å². The third-order valence-electron chi connectivity index (χ3n) is 5.09. The van der Waals surface area contributed by atoms with Crippen LogP contribution in [0.5, 0.6) is 0 Å². The van der Waals surface area contributed by atoms with Crippen LogP contribution in [-0.2, 0) is 9.53 Å². The van der Waals surface area contributed by atoms with E-state index in [1.807, 2.05) is 9.80 Å². The second kappa shape index (κ2) is 8.98. The molecule has 0 unspecified atom stereocenters. The van der Waals surface area contributed by atoms with Crippen LogP contribution in [0.2, 0.25) is 0 Å². The Hall–Kier alpha value is -2.72. The number of primary amides is 1. The molecule has 152 valence electrons. The van der Waals surface area contributed by atoms with Crippen LogP contribution in [0, 0.1) is 10.1 Å². The molecule has 10 heteroatoms. The van der Waals surface area contributed by atoms with Crippen molar-refractivity contribution in [3.05, 3.63) is 33.9 Å². The van der Waals surface area contributed by atoms with Crippen LogP contribution in [0.4, 0.5) is 11.4 Å². The van der Waals surface area contributed by atoms with Gasteiger partial charge >= 0.3 is 0 Å². The predicted molar refractivity (Wildman–Crippen MR) is 102 cm³/mol. The molecule has 3 N–H and O–H groups in total. The Morgan fingerprint density at radius 2 is 1.89 bits per heavy atom. The molecule has 1 aromatic rings. The number of rotatable bonds is 6. The fourth-order valence-electron chi connectivity index (χ4n) is 3.61. The normalized spacial score (nSPS) is 18.6. The molecule has 28 heavy (non-hydrogen) atoms. The van der Waals surface area contributed by atoms with Gasteiger partial charge in [0.05, 0.1) is 24.7 Å². The summed E-state index contributed by atoms with van der Waals surface area (Å²) in [5.74, 6) is -0.694. The average Bonchev–Trinajstić information content (AvgIpc) is 2.69. The van der Waals surface area contributed by atoms with Gasteiger partial charge in [0.25, 0.3) is 11.6 Å². The second-order valence-corrected chi connectivity index (χ2v) is 7.05. The molecule has 1 aromatic carbocycles. The van der Waals surface area contributed by atoms with Crippen molar-refractivity contribution in [1.29, 1.82) is 0 Å². The van der Waals surface area contributed by atoms with Crippen LogP contribution < -0.4 is 16.0 Å². The molecule has 2 fully saturated rings. The van der Waals surface area contributed by atoms with E-state index in [4.69, 9.17) is 10.5 Å². The Kier molecular flexibility index (Phi) is 6.42. The maximum absolute atomic E-state index is 12.6. The molecule has 0 bridgehead atoms. The smallest absolute Gasteiger partial charge is 0.293 e. The van der Waals surface area contributed by atoms with Gasteiger partial charge in [-0.15, -0.1) is 0 Å². The SMILES string of the molecule is NC(=O)CN1CCC(NC(=O)c2ccc(N3CCOCC3)c([N+](=O)[O-])c2)CC1. The molecule has 0 spiro atoms. The fraction of sp³-hybridized carbons (Fsp3) is 0.556. The fourth-order valence-corrected chi connectivity index (χ4v) is 3.61. The molecule has 0 atom stereocenters. The van der Waals surface area contributed by atoms with Gasteiger partial charge in [-0.3, -0.25) is 24.6 Å². The van der Waals surface area contributed by atoms with Gasteiger partial charge in [-0.05, 0) is 25.0 Å². The summed E-state index contributed by atoms with van der Waals surface area (Å²) in [6.07, 6.45) is 1.40. The first kappa shape index (κ1) is 20.0. The topological polar surface area (TPSA) is 131 Å². The molecule has 2 saturated heterocycles. The zero-order chi connectivity index (χ0) is 20.1.